The van der Waals surface area contributed by atoms with Gasteiger partial charge in [-0.25, -0.2) is 0 Å². The lowest BCUT2D eigenvalue weighted by Crippen LogP contribution is -2.43. The minimum Gasteiger partial charge on any atom is -0.352 e. The summed E-state index contributed by atoms with van der Waals surface area (Å²) >= 11 is 5.88. The Morgan fingerprint density at radius 2 is 1.91 bits per heavy atom. The summed E-state index contributed by atoms with van der Waals surface area (Å²) in [5.41, 5.74) is 6.55. The average Bonchev–Trinajstić information content (AvgIpc) is 3.29. The van der Waals surface area contributed by atoms with Crippen molar-refractivity contribution < 1.29 is 9.59 Å². The first-order valence-electron chi connectivity index (χ1n) is 7.51. The predicted octanol–water partition coefficient (Wildman–Crippen LogP) is 1.76. The second-order valence-corrected chi connectivity index (χ2v) is 6.19. The molecule has 0 aromatic heterocycles. The van der Waals surface area contributed by atoms with Crippen molar-refractivity contribution in [1.82, 2.24) is 10.6 Å². The number of halogens is 1. The van der Waals surface area contributed by atoms with E-state index in [2.05, 4.69) is 10.6 Å². The molecule has 0 heterocycles. The maximum absolute atomic E-state index is 12.2. The molecule has 4 N–H and O–H groups in total. The summed E-state index contributed by atoms with van der Waals surface area (Å²) in [6.07, 6.45) is 2.42. The fraction of sp³-hybridized carbons (Fsp3) is 0.500. The van der Waals surface area contributed by atoms with Crippen molar-refractivity contribution in [3.63, 3.8) is 0 Å². The first-order valence-corrected chi connectivity index (χ1v) is 7.89. The summed E-state index contributed by atoms with van der Waals surface area (Å²) in [4.78, 5) is 23.6. The maximum Gasteiger partial charge on any atom is 0.222 e. The van der Waals surface area contributed by atoms with Gasteiger partial charge in [-0.3, -0.25) is 9.59 Å². The number of carbonyl (C=O) groups is 2. The molecule has 1 aromatic rings. The zero-order chi connectivity index (χ0) is 16.1. The fourth-order valence-electron chi connectivity index (χ4n) is 2.51. The lowest BCUT2D eigenvalue weighted by Gasteiger charge is -2.21. The summed E-state index contributed by atoms with van der Waals surface area (Å²) in [6.45, 7) is 1.88. The second kappa shape index (κ2) is 7.61. The average molecular weight is 324 g/mol. The molecule has 0 aliphatic heterocycles. The van der Waals surface area contributed by atoms with E-state index in [1.165, 1.54) is 6.92 Å². The van der Waals surface area contributed by atoms with E-state index in [4.69, 9.17) is 17.3 Å². The van der Waals surface area contributed by atoms with Gasteiger partial charge in [-0.2, -0.15) is 0 Å². The first kappa shape index (κ1) is 16.8. The van der Waals surface area contributed by atoms with Gasteiger partial charge in [0.25, 0.3) is 0 Å². The van der Waals surface area contributed by atoms with Gasteiger partial charge < -0.3 is 16.4 Å². The van der Waals surface area contributed by atoms with Gasteiger partial charge in [0.2, 0.25) is 11.8 Å². The molecule has 1 fully saturated rings. The van der Waals surface area contributed by atoms with E-state index in [0.29, 0.717) is 17.5 Å². The molecular weight excluding hydrogens is 302 g/mol. The molecule has 1 aliphatic carbocycles. The molecule has 1 aromatic carbocycles. The van der Waals surface area contributed by atoms with Gasteiger partial charge in [0.1, 0.15) is 0 Å². The van der Waals surface area contributed by atoms with Crippen molar-refractivity contribution in [2.24, 2.45) is 11.7 Å². The Morgan fingerprint density at radius 3 is 2.41 bits per heavy atom. The second-order valence-electron chi connectivity index (χ2n) is 5.76. The van der Waals surface area contributed by atoms with Crippen molar-refractivity contribution in [2.45, 2.75) is 38.3 Å². The summed E-state index contributed by atoms with van der Waals surface area (Å²) in [6, 6.07) is 6.80. The van der Waals surface area contributed by atoms with E-state index in [-0.39, 0.29) is 30.3 Å². The predicted molar refractivity (Wildman–Crippen MR) is 86.3 cm³/mol. The van der Waals surface area contributed by atoms with Crippen LogP contribution in [0.5, 0.6) is 0 Å². The van der Waals surface area contributed by atoms with E-state index < -0.39 is 0 Å². The highest BCUT2D eigenvalue weighted by Gasteiger charge is 2.31. The normalized spacial score (nSPS) is 16.7. The van der Waals surface area contributed by atoms with Crippen molar-refractivity contribution in [3.05, 3.63) is 34.9 Å². The van der Waals surface area contributed by atoms with Crippen molar-refractivity contribution in [1.29, 1.82) is 0 Å². The standard InChI is InChI=1S/C16H22ClN3O2/c1-10(21)19-14(11-4-6-13(17)7-5-11)8-16(22)20-15(9-18)12-2-3-12/h4-7,12,14-15H,2-3,8-9,18H2,1H3,(H,19,21)(H,20,22). The molecule has 0 radical (unpaired) electrons. The molecule has 0 saturated heterocycles. The third kappa shape index (κ3) is 5.00. The van der Waals surface area contributed by atoms with E-state index in [1.54, 1.807) is 12.1 Å². The van der Waals surface area contributed by atoms with Gasteiger partial charge in [-0.05, 0) is 36.5 Å². The van der Waals surface area contributed by atoms with Crippen LogP contribution >= 0.6 is 11.6 Å². The number of amides is 2. The molecule has 6 heteroatoms. The minimum absolute atomic E-state index is 0.0377. The molecule has 1 saturated carbocycles. The molecule has 0 bridgehead atoms. The number of nitrogens with one attached hydrogen (secondary N) is 2. The van der Waals surface area contributed by atoms with Crippen molar-refractivity contribution in [2.75, 3.05) is 6.54 Å². The Morgan fingerprint density at radius 1 is 1.27 bits per heavy atom. The first-order chi connectivity index (χ1) is 10.5. The zero-order valence-corrected chi connectivity index (χ0v) is 13.4. The Balaban J connectivity index is 2.00. The van der Waals surface area contributed by atoms with Crippen LogP contribution in [0.1, 0.15) is 37.8 Å². The number of hydrogen-bond donors (Lipinski definition) is 3. The van der Waals surface area contributed by atoms with Crippen LogP contribution in [0.2, 0.25) is 5.02 Å². The third-order valence-electron chi connectivity index (χ3n) is 3.83. The monoisotopic (exact) mass is 323 g/mol. The molecule has 2 rings (SSSR count). The van der Waals surface area contributed by atoms with Crippen LogP contribution in [-0.2, 0) is 9.59 Å². The Hall–Kier alpha value is -1.59. The van der Waals surface area contributed by atoms with Crippen LogP contribution < -0.4 is 16.4 Å². The molecule has 2 unspecified atom stereocenters. The zero-order valence-electron chi connectivity index (χ0n) is 12.6. The Kier molecular flexibility index (Phi) is 5.80. The maximum atomic E-state index is 12.2. The molecule has 2 amide bonds. The fourth-order valence-corrected chi connectivity index (χ4v) is 2.64. The number of nitrogens with two attached hydrogens (primary N) is 1. The molecule has 2 atom stereocenters. The Bertz CT molecular complexity index is 529. The van der Waals surface area contributed by atoms with Crippen LogP contribution in [0.4, 0.5) is 0 Å². The van der Waals surface area contributed by atoms with Crippen LogP contribution in [0, 0.1) is 5.92 Å². The Labute approximate surface area is 135 Å². The van der Waals surface area contributed by atoms with E-state index in [9.17, 15) is 9.59 Å². The minimum atomic E-state index is -0.368. The van der Waals surface area contributed by atoms with Gasteiger partial charge in [0, 0.05) is 24.5 Å². The summed E-state index contributed by atoms with van der Waals surface area (Å²) in [7, 11) is 0. The van der Waals surface area contributed by atoms with Crippen LogP contribution in [0.15, 0.2) is 24.3 Å². The van der Waals surface area contributed by atoms with E-state index in [1.807, 2.05) is 12.1 Å². The molecule has 120 valence electrons. The number of rotatable bonds is 7. The number of benzene rings is 1. The molecule has 5 nitrogen and oxygen atoms in total. The van der Waals surface area contributed by atoms with Crippen LogP contribution in [0.25, 0.3) is 0 Å². The van der Waals surface area contributed by atoms with E-state index >= 15 is 0 Å². The van der Waals surface area contributed by atoms with Crippen LogP contribution in [-0.4, -0.2) is 24.4 Å². The molecule has 22 heavy (non-hydrogen) atoms. The quantitative estimate of drug-likeness (QED) is 0.715. The lowest BCUT2D eigenvalue weighted by atomic mass is 10.0. The highest BCUT2D eigenvalue weighted by Crippen LogP contribution is 2.32. The summed E-state index contributed by atoms with van der Waals surface area (Å²) in [5.74, 6) is 0.227. The van der Waals surface area contributed by atoms with Crippen LogP contribution in [0.3, 0.4) is 0 Å². The lowest BCUT2D eigenvalue weighted by molar-refractivity contribution is -0.123. The molecular formula is C16H22ClN3O2. The van der Waals surface area contributed by atoms with Crippen molar-refractivity contribution in [3.8, 4) is 0 Å². The van der Waals surface area contributed by atoms with Gasteiger partial charge in [-0.15, -0.1) is 0 Å². The largest absolute Gasteiger partial charge is 0.352 e. The third-order valence-corrected chi connectivity index (χ3v) is 4.08. The van der Waals surface area contributed by atoms with Crippen molar-refractivity contribution >= 4 is 23.4 Å². The highest BCUT2D eigenvalue weighted by molar-refractivity contribution is 6.30. The SMILES string of the molecule is CC(=O)NC(CC(=O)NC(CN)C1CC1)c1ccc(Cl)cc1. The number of carbonyl (C=O) groups excluding carboxylic acids is 2. The van der Waals surface area contributed by atoms with Gasteiger partial charge in [0.15, 0.2) is 0 Å². The summed E-state index contributed by atoms with van der Waals surface area (Å²) in [5, 5.41) is 6.40. The van der Waals surface area contributed by atoms with Gasteiger partial charge >= 0.3 is 0 Å². The van der Waals surface area contributed by atoms with Gasteiger partial charge in [-0.1, -0.05) is 23.7 Å². The van der Waals surface area contributed by atoms with E-state index in [0.717, 1.165) is 18.4 Å². The number of hydrogen-bond acceptors (Lipinski definition) is 3. The molecule has 0 spiro atoms. The summed E-state index contributed by atoms with van der Waals surface area (Å²) < 4.78 is 0. The topological polar surface area (TPSA) is 84.2 Å². The molecule has 1 aliphatic rings. The highest BCUT2D eigenvalue weighted by atomic mass is 35.5. The smallest absolute Gasteiger partial charge is 0.222 e. The van der Waals surface area contributed by atoms with Gasteiger partial charge in [0.05, 0.1) is 12.5 Å².